The van der Waals surface area contributed by atoms with Gasteiger partial charge in [0.25, 0.3) is 0 Å². The zero-order valence-corrected chi connectivity index (χ0v) is 15.6. The molecule has 0 aliphatic rings. The number of halogens is 2. The van der Waals surface area contributed by atoms with E-state index < -0.39 is 0 Å². The van der Waals surface area contributed by atoms with Gasteiger partial charge in [0.2, 0.25) is 5.71 Å². The lowest BCUT2D eigenvalue weighted by molar-refractivity contribution is 0.261. The molecule has 0 N–H and O–H groups in total. The van der Waals surface area contributed by atoms with Gasteiger partial charge in [-0.05, 0) is 50.5 Å². The minimum Gasteiger partial charge on any atom is -0.492 e. The van der Waals surface area contributed by atoms with Crippen LogP contribution in [0.5, 0.6) is 5.75 Å². The largest absolute Gasteiger partial charge is 0.492 e. The number of fused-ring (bicyclic) bond motifs is 1. The van der Waals surface area contributed by atoms with Crippen LogP contribution in [0.25, 0.3) is 22.4 Å². The average molecular weight is 383 g/mol. The van der Waals surface area contributed by atoms with Gasteiger partial charge in [-0.15, -0.1) is 24.8 Å². The van der Waals surface area contributed by atoms with Crippen molar-refractivity contribution in [3.8, 4) is 17.1 Å². The SMILES string of the molecule is CN(C)CCOc1ccc(-c2cc(=O)c3cccnc3o2)cc1.Cl.Cl. The summed E-state index contributed by atoms with van der Waals surface area (Å²) in [6.45, 7) is 1.48. The van der Waals surface area contributed by atoms with Gasteiger partial charge in [-0.25, -0.2) is 4.98 Å². The van der Waals surface area contributed by atoms with Crippen LogP contribution in [-0.4, -0.2) is 37.1 Å². The maximum Gasteiger partial charge on any atom is 0.230 e. The van der Waals surface area contributed by atoms with Crippen LogP contribution in [0.2, 0.25) is 0 Å². The van der Waals surface area contributed by atoms with Crippen LogP contribution in [-0.2, 0) is 0 Å². The zero-order valence-electron chi connectivity index (χ0n) is 14.0. The van der Waals surface area contributed by atoms with Crippen LogP contribution in [0.4, 0.5) is 0 Å². The van der Waals surface area contributed by atoms with Crippen LogP contribution < -0.4 is 10.2 Å². The van der Waals surface area contributed by atoms with Crippen molar-refractivity contribution < 1.29 is 9.15 Å². The molecule has 2 aromatic heterocycles. The Balaban J connectivity index is 0.00000156. The lowest BCUT2D eigenvalue weighted by Gasteiger charge is -2.11. The topological polar surface area (TPSA) is 55.6 Å². The number of hydrogen-bond acceptors (Lipinski definition) is 5. The van der Waals surface area contributed by atoms with E-state index in [1.54, 1.807) is 18.3 Å². The average Bonchev–Trinajstić information content (AvgIpc) is 2.55. The molecule has 3 rings (SSSR count). The summed E-state index contributed by atoms with van der Waals surface area (Å²) >= 11 is 0. The van der Waals surface area contributed by atoms with E-state index in [0.717, 1.165) is 17.9 Å². The Morgan fingerprint density at radius 1 is 1.12 bits per heavy atom. The highest BCUT2D eigenvalue weighted by atomic mass is 35.5. The molecular formula is C18H20Cl2N2O3. The van der Waals surface area contributed by atoms with E-state index in [2.05, 4.69) is 9.88 Å². The van der Waals surface area contributed by atoms with Crippen LogP contribution in [0.15, 0.2) is 57.9 Å². The lowest BCUT2D eigenvalue weighted by atomic mass is 10.1. The van der Waals surface area contributed by atoms with E-state index in [1.165, 1.54) is 6.07 Å². The van der Waals surface area contributed by atoms with Crippen molar-refractivity contribution in [3.63, 3.8) is 0 Å². The van der Waals surface area contributed by atoms with Gasteiger partial charge in [0.05, 0.1) is 5.39 Å². The number of aromatic nitrogens is 1. The summed E-state index contributed by atoms with van der Waals surface area (Å²) in [4.78, 5) is 18.3. The van der Waals surface area contributed by atoms with E-state index in [1.807, 2.05) is 38.4 Å². The molecule has 0 aliphatic carbocycles. The van der Waals surface area contributed by atoms with Crippen molar-refractivity contribution in [1.29, 1.82) is 0 Å². The molecule has 0 amide bonds. The Bertz CT molecular complexity index is 864. The zero-order chi connectivity index (χ0) is 16.2. The highest BCUT2D eigenvalue weighted by Crippen LogP contribution is 2.23. The van der Waals surface area contributed by atoms with Crippen LogP contribution in [0.3, 0.4) is 0 Å². The normalized spacial score (nSPS) is 10.2. The third-order valence-corrected chi connectivity index (χ3v) is 3.45. The third-order valence-electron chi connectivity index (χ3n) is 3.45. The number of rotatable bonds is 5. The van der Waals surface area contributed by atoms with Crippen molar-refractivity contribution in [2.45, 2.75) is 0 Å². The quantitative estimate of drug-likeness (QED) is 0.673. The molecule has 0 bridgehead atoms. The van der Waals surface area contributed by atoms with E-state index in [-0.39, 0.29) is 30.2 Å². The molecule has 0 saturated heterocycles. The van der Waals surface area contributed by atoms with E-state index in [9.17, 15) is 4.79 Å². The fraction of sp³-hybridized carbons (Fsp3) is 0.222. The molecule has 7 heteroatoms. The maximum absolute atomic E-state index is 12.1. The van der Waals surface area contributed by atoms with Gasteiger partial charge in [-0.1, -0.05) is 0 Å². The maximum atomic E-state index is 12.1. The number of nitrogens with zero attached hydrogens (tertiary/aromatic N) is 2. The number of pyridine rings is 1. The molecule has 134 valence electrons. The molecule has 0 unspecified atom stereocenters. The summed E-state index contributed by atoms with van der Waals surface area (Å²) in [5.74, 6) is 1.29. The van der Waals surface area contributed by atoms with Gasteiger partial charge < -0.3 is 14.1 Å². The van der Waals surface area contributed by atoms with Crippen molar-refractivity contribution in [3.05, 3.63) is 58.9 Å². The summed E-state index contributed by atoms with van der Waals surface area (Å²) < 4.78 is 11.4. The number of likely N-dealkylation sites (N-methyl/N-ethyl adjacent to an activating group) is 1. The summed E-state index contributed by atoms with van der Waals surface area (Å²) in [5.41, 5.74) is 1.07. The van der Waals surface area contributed by atoms with Crippen LogP contribution in [0, 0.1) is 0 Å². The second kappa shape index (κ2) is 9.42. The predicted molar refractivity (Wildman–Crippen MR) is 104 cm³/mol. The smallest absolute Gasteiger partial charge is 0.230 e. The number of ether oxygens (including phenoxy) is 1. The first-order valence-corrected chi connectivity index (χ1v) is 7.40. The third kappa shape index (κ3) is 5.19. The molecule has 1 aromatic carbocycles. The second-order valence-electron chi connectivity index (χ2n) is 5.51. The summed E-state index contributed by atoms with van der Waals surface area (Å²) in [6, 6.07) is 12.4. The second-order valence-corrected chi connectivity index (χ2v) is 5.51. The fourth-order valence-corrected chi connectivity index (χ4v) is 2.19. The molecule has 0 spiro atoms. The van der Waals surface area contributed by atoms with E-state index >= 15 is 0 Å². The Morgan fingerprint density at radius 3 is 2.52 bits per heavy atom. The number of benzene rings is 1. The molecule has 0 atom stereocenters. The van der Waals surface area contributed by atoms with E-state index in [0.29, 0.717) is 23.5 Å². The monoisotopic (exact) mass is 382 g/mol. The van der Waals surface area contributed by atoms with Gasteiger partial charge >= 0.3 is 0 Å². The van der Waals surface area contributed by atoms with Gasteiger partial charge in [0.15, 0.2) is 5.43 Å². The van der Waals surface area contributed by atoms with Crippen molar-refractivity contribution >= 4 is 35.9 Å². The standard InChI is InChI=1S/C18H18N2O3.2ClH/c1-20(2)10-11-22-14-7-5-13(6-8-14)17-12-16(21)15-4-3-9-19-18(15)23-17;;/h3-9,12H,10-11H2,1-2H3;2*1H. The molecule has 2 heterocycles. The predicted octanol–water partition coefficient (Wildman–Crippen LogP) is 3.64. The first-order chi connectivity index (χ1) is 11.1. The van der Waals surface area contributed by atoms with Crippen molar-refractivity contribution in [1.82, 2.24) is 9.88 Å². The van der Waals surface area contributed by atoms with Gasteiger partial charge in [-0.3, -0.25) is 4.79 Å². The first-order valence-electron chi connectivity index (χ1n) is 7.40. The summed E-state index contributed by atoms with van der Waals surface area (Å²) in [5, 5.41) is 0.486. The highest BCUT2D eigenvalue weighted by Gasteiger charge is 2.07. The fourth-order valence-electron chi connectivity index (χ4n) is 2.19. The lowest BCUT2D eigenvalue weighted by Crippen LogP contribution is -2.19. The van der Waals surface area contributed by atoms with Gasteiger partial charge in [0.1, 0.15) is 18.1 Å². The molecule has 0 aliphatic heterocycles. The Morgan fingerprint density at radius 2 is 1.84 bits per heavy atom. The molecule has 25 heavy (non-hydrogen) atoms. The number of hydrogen-bond donors (Lipinski definition) is 0. The minimum absolute atomic E-state index is 0. The Labute approximate surface area is 158 Å². The molecular weight excluding hydrogens is 363 g/mol. The minimum atomic E-state index is -0.0966. The van der Waals surface area contributed by atoms with Crippen LogP contribution >= 0.6 is 24.8 Å². The first kappa shape index (κ1) is 21.0. The van der Waals surface area contributed by atoms with Crippen LogP contribution in [0.1, 0.15) is 0 Å². The molecule has 0 fully saturated rings. The van der Waals surface area contributed by atoms with E-state index in [4.69, 9.17) is 9.15 Å². The van der Waals surface area contributed by atoms with Crippen molar-refractivity contribution in [2.24, 2.45) is 0 Å². The Hall–Kier alpha value is -2.08. The molecule has 0 saturated carbocycles. The van der Waals surface area contributed by atoms with Gasteiger partial charge in [0, 0.05) is 24.4 Å². The van der Waals surface area contributed by atoms with Gasteiger partial charge in [-0.2, -0.15) is 0 Å². The highest BCUT2D eigenvalue weighted by molar-refractivity contribution is 5.85. The Kier molecular flexibility index (Phi) is 7.90. The molecule has 3 aromatic rings. The van der Waals surface area contributed by atoms with Crippen molar-refractivity contribution in [2.75, 3.05) is 27.2 Å². The molecule has 0 radical (unpaired) electrons. The summed E-state index contributed by atoms with van der Waals surface area (Å²) in [7, 11) is 4.00. The molecule has 5 nitrogen and oxygen atoms in total. The summed E-state index contributed by atoms with van der Waals surface area (Å²) in [6.07, 6.45) is 1.61.